The van der Waals surface area contributed by atoms with E-state index in [2.05, 4.69) is 15.5 Å². The van der Waals surface area contributed by atoms with Crippen LogP contribution in [-0.2, 0) is 25.6 Å². The van der Waals surface area contributed by atoms with E-state index in [-0.39, 0.29) is 30.4 Å². The van der Waals surface area contributed by atoms with Crippen LogP contribution in [0.25, 0.3) is 0 Å². The van der Waals surface area contributed by atoms with Gasteiger partial charge < -0.3 is 29.5 Å². The van der Waals surface area contributed by atoms with Gasteiger partial charge in [-0.1, -0.05) is 6.07 Å². The molecule has 1 atom stereocenters. The molecule has 41 heavy (non-hydrogen) atoms. The van der Waals surface area contributed by atoms with Gasteiger partial charge in [0.25, 0.3) is 5.91 Å². The first-order valence-corrected chi connectivity index (χ1v) is 14.9. The molecule has 4 heterocycles. The first-order valence-electron chi connectivity index (χ1n) is 14.9. The maximum Gasteiger partial charge on any atom is 0.410 e. The van der Waals surface area contributed by atoms with Crippen molar-refractivity contribution in [2.24, 2.45) is 0 Å². The number of imide groups is 1. The molecule has 4 amide bonds. The highest BCUT2D eigenvalue weighted by molar-refractivity contribution is 6.06. The predicted octanol–water partition coefficient (Wildman–Crippen LogP) is 2.74. The molecule has 1 unspecified atom stereocenters. The largest absolute Gasteiger partial charge is 0.444 e. The number of benzene rings is 1. The van der Waals surface area contributed by atoms with Crippen molar-refractivity contribution in [1.82, 2.24) is 20.0 Å². The smallest absolute Gasteiger partial charge is 0.410 e. The van der Waals surface area contributed by atoms with Crippen LogP contribution in [0.5, 0.6) is 0 Å². The molecule has 5 rings (SSSR count). The second-order valence-corrected chi connectivity index (χ2v) is 12.5. The number of rotatable bonds is 7. The van der Waals surface area contributed by atoms with E-state index in [0.717, 1.165) is 63.1 Å². The number of piperidine rings is 3. The Bertz CT molecular complexity index is 1150. The van der Waals surface area contributed by atoms with Gasteiger partial charge in [0.15, 0.2) is 0 Å². The Balaban J connectivity index is 1.02. The Hall–Kier alpha value is -3.18. The zero-order valence-corrected chi connectivity index (χ0v) is 24.4. The van der Waals surface area contributed by atoms with Gasteiger partial charge in [0.1, 0.15) is 11.6 Å². The molecule has 0 saturated carbocycles. The molecule has 11 heteroatoms. The van der Waals surface area contributed by atoms with Gasteiger partial charge in [0.05, 0.1) is 12.7 Å². The van der Waals surface area contributed by atoms with Crippen molar-refractivity contribution in [3.63, 3.8) is 0 Å². The Kier molecular flexibility index (Phi) is 8.84. The topological polar surface area (TPSA) is 121 Å². The summed E-state index contributed by atoms with van der Waals surface area (Å²) in [6.07, 6.45) is 4.52. The SMILES string of the molecule is CC(C)(C)OC(=O)N1CCC(N2CCC(OCCNc3cccc4c3CN(C3CCC(=O)NC3=O)C4=O)CC2)CC1. The highest BCUT2D eigenvalue weighted by Gasteiger charge is 2.40. The van der Waals surface area contributed by atoms with Crippen molar-refractivity contribution in [2.75, 3.05) is 44.6 Å². The number of ether oxygens (including phenoxy) is 2. The van der Waals surface area contributed by atoms with E-state index in [9.17, 15) is 19.2 Å². The lowest BCUT2D eigenvalue weighted by molar-refractivity contribution is -0.136. The summed E-state index contributed by atoms with van der Waals surface area (Å²) in [5, 5.41) is 5.77. The van der Waals surface area contributed by atoms with Crippen LogP contribution < -0.4 is 10.6 Å². The van der Waals surface area contributed by atoms with Gasteiger partial charge in [0, 0.05) is 68.5 Å². The first kappa shape index (κ1) is 29.3. The van der Waals surface area contributed by atoms with Gasteiger partial charge in [-0.15, -0.1) is 0 Å². The fourth-order valence-electron chi connectivity index (χ4n) is 6.31. The number of amides is 4. The average Bonchev–Trinajstić information content (AvgIpc) is 3.27. The molecule has 224 valence electrons. The summed E-state index contributed by atoms with van der Waals surface area (Å²) in [4.78, 5) is 55.2. The van der Waals surface area contributed by atoms with Gasteiger partial charge in [-0.05, 0) is 65.0 Å². The number of carbonyl (C=O) groups is 4. The summed E-state index contributed by atoms with van der Waals surface area (Å²) in [6, 6.07) is 5.47. The van der Waals surface area contributed by atoms with Crippen molar-refractivity contribution in [3.8, 4) is 0 Å². The molecule has 3 saturated heterocycles. The van der Waals surface area contributed by atoms with Gasteiger partial charge in [-0.3, -0.25) is 19.7 Å². The molecule has 3 fully saturated rings. The molecule has 0 radical (unpaired) electrons. The van der Waals surface area contributed by atoms with Crippen LogP contribution in [-0.4, -0.2) is 102 Å². The molecular formula is C30H43N5O6. The average molecular weight is 570 g/mol. The normalized spacial score (nSPS) is 23.0. The minimum absolute atomic E-state index is 0.170. The van der Waals surface area contributed by atoms with Crippen molar-refractivity contribution in [2.45, 2.75) is 89.6 Å². The standard InChI is InChI=1S/C30H43N5O6/c1-30(2,3)41-29(39)34-14-9-20(10-15-34)33-16-11-21(12-17-33)40-18-13-31-24-6-4-5-22-23(24)19-35(28(22)38)25-7-8-26(36)32-27(25)37/h4-6,20-21,25,31H,7-19H2,1-3H3,(H,32,36,37). The molecule has 11 nitrogen and oxygen atoms in total. The first-order chi connectivity index (χ1) is 19.6. The number of carbonyl (C=O) groups excluding carboxylic acids is 4. The lowest BCUT2D eigenvalue weighted by Crippen LogP contribution is -2.52. The second-order valence-electron chi connectivity index (χ2n) is 12.5. The lowest BCUT2D eigenvalue weighted by Gasteiger charge is -2.41. The fraction of sp³-hybridized carbons (Fsp3) is 0.667. The van der Waals surface area contributed by atoms with Crippen LogP contribution in [0.2, 0.25) is 0 Å². The third-order valence-corrected chi connectivity index (χ3v) is 8.46. The number of anilines is 1. The number of likely N-dealkylation sites (tertiary alicyclic amines) is 2. The van der Waals surface area contributed by atoms with Gasteiger partial charge in [-0.25, -0.2) is 4.79 Å². The number of fused-ring (bicyclic) bond motifs is 1. The molecule has 1 aromatic rings. The number of nitrogens with zero attached hydrogens (tertiary/aromatic N) is 3. The Morgan fingerprint density at radius 2 is 1.76 bits per heavy atom. The molecular weight excluding hydrogens is 526 g/mol. The quantitative estimate of drug-likeness (QED) is 0.380. The van der Waals surface area contributed by atoms with E-state index < -0.39 is 17.6 Å². The summed E-state index contributed by atoms with van der Waals surface area (Å²) in [5.74, 6) is -0.858. The van der Waals surface area contributed by atoms with Gasteiger partial charge in [-0.2, -0.15) is 0 Å². The second kappa shape index (κ2) is 12.4. The number of hydrogen-bond acceptors (Lipinski definition) is 8. The Morgan fingerprint density at radius 1 is 1.02 bits per heavy atom. The number of nitrogens with one attached hydrogen (secondary N) is 2. The highest BCUT2D eigenvalue weighted by atomic mass is 16.6. The predicted molar refractivity (Wildman–Crippen MR) is 152 cm³/mol. The Labute approximate surface area is 241 Å². The lowest BCUT2D eigenvalue weighted by atomic mass is 9.99. The van der Waals surface area contributed by atoms with E-state index in [1.54, 1.807) is 11.0 Å². The zero-order valence-electron chi connectivity index (χ0n) is 24.4. The molecule has 1 aromatic carbocycles. The molecule has 0 bridgehead atoms. The number of hydrogen-bond donors (Lipinski definition) is 2. The van der Waals surface area contributed by atoms with Crippen LogP contribution in [0.1, 0.15) is 75.2 Å². The summed E-state index contributed by atoms with van der Waals surface area (Å²) < 4.78 is 11.7. The molecule has 0 spiro atoms. The third-order valence-electron chi connectivity index (χ3n) is 8.46. The fourth-order valence-corrected chi connectivity index (χ4v) is 6.31. The molecule has 4 aliphatic rings. The summed E-state index contributed by atoms with van der Waals surface area (Å²) in [6.45, 7) is 10.7. The third kappa shape index (κ3) is 7.01. The summed E-state index contributed by atoms with van der Waals surface area (Å²) in [7, 11) is 0. The van der Waals surface area contributed by atoms with Crippen LogP contribution in [0.4, 0.5) is 10.5 Å². The minimum Gasteiger partial charge on any atom is -0.444 e. The molecule has 2 N–H and O–H groups in total. The van der Waals surface area contributed by atoms with E-state index in [1.165, 1.54) is 0 Å². The minimum atomic E-state index is -0.618. The maximum absolute atomic E-state index is 13.0. The van der Waals surface area contributed by atoms with E-state index >= 15 is 0 Å². The Morgan fingerprint density at radius 3 is 2.44 bits per heavy atom. The van der Waals surface area contributed by atoms with E-state index in [1.807, 2.05) is 37.8 Å². The summed E-state index contributed by atoms with van der Waals surface area (Å²) in [5.41, 5.74) is 1.89. The van der Waals surface area contributed by atoms with Crippen molar-refractivity contribution < 1.29 is 28.7 Å². The maximum atomic E-state index is 13.0. The van der Waals surface area contributed by atoms with Crippen molar-refractivity contribution in [3.05, 3.63) is 29.3 Å². The zero-order chi connectivity index (χ0) is 29.1. The monoisotopic (exact) mass is 569 g/mol. The molecule has 4 aliphatic heterocycles. The van der Waals surface area contributed by atoms with E-state index in [4.69, 9.17) is 9.47 Å². The van der Waals surface area contributed by atoms with Gasteiger partial charge >= 0.3 is 6.09 Å². The summed E-state index contributed by atoms with van der Waals surface area (Å²) >= 11 is 0. The van der Waals surface area contributed by atoms with E-state index in [0.29, 0.717) is 37.7 Å². The van der Waals surface area contributed by atoms with Crippen LogP contribution >= 0.6 is 0 Å². The van der Waals surface area contributed by atoms with Crippen molar-refractivity contribution >= 4 is 29.5 Å². The van der Waals surface area contributed by atoms with Gasteiger partial charge in [0.2, 0.25) is 11.8 Å². The van der Waals surface area contributed by atoms with Crippen LogP contribution in [0, 0.1) is 0 Å². The molecule has 0 aromatic heterocycles. The highest BCUT2D eigenvalue weighted by Crippen LogP contribution is 2.32. The molecule has 0 aliphatic carbocycles. The van der Waals surface area contributed by atoms with Crippen LogP contribution in [0.3, 0.4) is 0 Å². The van der Waals surface area contributed by atoms with Crippen molar-refractivity contribution in [1.29, 1.82) is 0 Å². The van der Waals surface area contributed by atoms with Crippen LogP contribution in [0.15, 0.2) is 18.2 Å².